The van der Waals surface area contributed by atoms with E-state index in [0.29, 0.717) is 5.56 Å². The molecule has 0 spiro atoms. The van der Waals surface area contributed by atoms with Crippen molar-refractivity contribution in [1.82, 2.24) is 14.8 Å². The Morgan fingerprint density at radius 2 is 1.66 bits per heavy atom. The number of amides is 1. The third-order valence-electron chi connectivity index (χ3n) is 7.04. The smallest absolute Gasteiger partial charge is 0.251 e. The molecule has 4 aromatic rings. The van der Waals surface area contributed by atoms with Gasteiger partial charge in [-0.25, -0.2) is 0 Å². The standard InChI is InChI=1S/C30H33N3O2/c1-35-27-13-11-24(12-14-27)30(34)31-26-16-19-32(20-17-26)18-15-25-22-33(21-23-7-3-2-4-8-23)29-10-6-5-9-28(25)29/h2-14,22,26H,15-21H2,1H3,(H,31,34). The Morgan fingerprint density at radius 1 is 0.943 bits per heavy atom. The normalized spacial score (nSPS) is 14.8. The van der Waals surface area contributed by atoms with Crippen LogP contribution in [0.4, 0.5) is 0 Å². The van der Waals surface area contributed by atoms with Gasteiger partial charge in [-0.05, 0) is 60.7 Å². The Morgan fingerprint density at radius 3 is 2.40 bits per heavy atom. The van der Waals surface area contributed by atoms with Crippen molar-refractivity contribution in [2.24, 2.45) is 0 Å². The van der Waals surface area contributed by atoms with Crippen LogP contribution in [0.25, 0.3) is 10.9 Å². The predicted octanol–water partition coefficient (Wildman–Crippen LogP) is 5.14. The summed E-state index contributed by atoms with van der Waals surface area (Å²) in [6.45, 7) is 3.95. The number of piperidine rings is 1. The summed E-state index contributed by atoms with van der Waals surface area (Å²) in [7, 11) is 1.63. The van der Waals surface area contributed by atoms with Crippen LogP contribution in [0.1, 0.15) is 34.3 Å². The van der Waals surface area contributed by atoms with Crippen LogP contribution in [0, 0.1) is 0 Å². The second kappa shape index (κ2) is 10.8. The maximum Gasteiger partial charge on any atom is 0.251 e. The first-order valence-corrected chi connectivity index (χ1v) is 12.5. The zero-order chi connectivity index (χ0) is 24.0. The summed E-state index contributed by atoms with van der Waals surface area (Å²) in [5.41, 5.74) is 4.71. The lowest BCUT2D eigenvalue weighted by molar-refractivity contribution is 0.0911. The molecular formula is C30H33N3O2. The molecule has 3 aromatic carbocycles. The van der Waals surface area contributed by atoms with Gasteiger partial charge in [-0.15, -0.1) is 0 Å². The average molecular weight is 468 g/mol. The van der Waals surface area contributed by atoms with Crippen molar-refractivity contribution in [3.05, 3.63) is 102 Å². The number of rotatable bonds is 8. The molecule has 1 aromatic heterocycles. The van der Waals surface area contributed by atoms with Gasteiger partial charge in [-0.1, -0.05) is 48.5 Å². The molecule has 0 radical (unpaired) electrons. The largest absolute Gasteiger partial charge is 0.497 e. The van der Waals surface area contributed by atoms with Crippen LogP contribution in [0.3, 0.4) is 0 Å². The van der Waals surface area contributed by atoms with E-state index in [-0.39, 0.29) is 11.9 Å². The summed E-state index contributed by atoms with van der Waals surface area (Å²) in [5.74, 6) is 0.760. The molecule has 0 unspecified atom stereocenters. The molecule has 2 heterocycles. The molecule has 1 aliphatic rings. The molecule has 0 saturated carbocycles. The summed E-state index contributed by atoms with van der Waals surface area (Å²) >= 11 is 0. The van der Waals surface area contributed by atoms with Crippen LogP contribution in [-0.4, -0.2) is 48.2 Å². The Hall–Kier alpha value is -3.57. The molecule has 1 N–H and O–H groups in total. The van der Waals surface area contributed by atoms with Gasteiger partial charge in [0.25, 0.3) is 5.91 Å². The fourth-order valence-corrected chi connectivity index (χ4v) is 5.02. The molecule has 5 rings (SSSR count). The number of fused-ring (bicyclic) bond motifs is 1. The highest BCUT2D eigenvalue weighted by molar-refractivity contribution is 5.94. The third kappa shape index (κ3) is 5.57. The molecule has 0 atom stereocenters. The number of nitrogens with one attached hydrogen (secondary N) is 1. The van der Waals surface area contributed by atoms with E-state index in [2.05, 4.69) is 75.6 Å². The molecule has 0 bridgehead atoms. The van der Waals surface area contributed by atoms with Gasteiger partial charge in [0, 0.05) is 54.9 Å². The Labute approximate surface area is 207 Å². The van der Waals surface area contributed by atoms with E-state index in [4.69, 9.17) is 4.74 Å². The second-order valence-corrected chi connectivity index (χ2v) is 9.35. The molecular weight excluding hydrogens is 434 g/mol. The summed E-state index contributed by atoms with van der Waals surface area (Å²) in [6.07, 6.45) is 5.33. The van der Waals surface area contributed by atoms with Gasteiger partial charge in [0.2, 0.25) is 0 Å². The van der Waals surface area contributed by atoms with Crippen LogP contribution in [0.2, 0.25) is 0 Å². The molecule has 1 amide bonds. The summed E-state index contributed by atoms with van der Waals surface area (Å²) in [5, 5.41) is 4.56. The number of para-hydroxylation sites is 1. The number of ether oxygens (including phenoxy) is 1. The fraction of sp³-hybridized carbons (Fsp3) is 0.300. The van der Waals surface area contributed by atoms with Gasteiger partial charge in [0.15, 0.2) is 0 Å². The van der Waals surface area contributed by atoms with Crippen molar-refractivity contribution in [3.8, 4) is 5.75 Å². The Kier molecular flexibility index (Phi) is 7.15. The highest BCUT2D eigenvalue weighted by Gasteiger charge is 2.21. The Balaban J connectivity index is 1.15. The number of benzene rings is 3. The number of carbonyl (C=O) groups excluding carboxylic acids is 1. The zero-order valence-corrected chi connectivity index (χ0v) is 20.3. The molecule has 1 aliphatic heterocycles. The van der Waals surface area contributed by atoms with E-state index in [1.807, 2.05) is 24.3 Å². The first-order valence-electron chi connectivity index (χ1n) is 12.5. The first kappa shape index (κ1) is 23.2. The predicted molar refractivity (Wildman–Crippen MR) is 141 cm³/mol. The van der Waals surface area contributed by atoms with Crippen LogP contribution in [0.5, 0.6) is 5.75 Å². The molecule has 0 aliphatic carbocycles. The van der Waals surface area contributed by atoms with Crippen molar-refractivity contribution >= 4 is 16.8 Å². The minimum absolute atomic E-state index is 0.00247. The summed E-state index contributed by atoms with van der Waals surface area (Å²) < 4.78 is 7.55. The lowest BCUT2D eigenvalue weighted by Gasteiger charge is -2.32. The number of nitrogens with zero attached hydrogens (tertiary/aromatic N) is 2. The van der Waals surface area contributed by atoms with Gasteiger partial charge in [0.05, 0.1) is 7.11 Å². The van der Waals surface area contributed by atoms with Gasteiger partial charge < -0.3 is 19.5 Å². The van der Waals surface area contributed by atoms with Crippen molar-refractivity contribution in [3.63, 3.8) is 0 Å². The van der Waals surface area contributed by atoms with Crippen molar-refractivity contribution in [2.45, 2.75) is 31.8 Å². The topological polar surface area (TPSA) is 46.5 Å². The lowest BCUT2D eigenvalue weighted by atomic mass is 10.0. The SMILES string of the molecule is COc1ccc(C(=O)NC2CCN(CCc3cn(Cc4ccccc4)c4ccccc34)CC2)cc1. The van der Waals surface area contributed by atoms with E-state index in [1.54, 1.807) is 7.11 Å². The van der Waals surface area contributed by atoms with E-state index in [0.717, 1.165) is 51.2 Å². The van der Waals surface area contributed by atoms with Gasteiger partial charge in [-0.3, -0.25) is 4.79 Å². The Bertz CT molecular complexity index is 1260. The van der Waals surface area contributed by atoms with Crippen molar-refractivity contribution in [2.75, 3.05) is 26.7 Å². The molecule has 180 valence electrons. The molecule has 5 nitrogen and oxygen atoms in total. The number of carbonyl (C=O) groups is 1. The van der Waals surface area contributed by atoms with Crippen molar-refractivity contribution < 1.29 is 9.53 Å². The monoisotopic (exact) mass is 467 g/mol. The minimum Gasteiger partial charge on any atom is -0.497 e. The number of likely N-dealkylation sites (tertiary alicyclic amines) is 1. The molecule has 5 heteroatoms. The number of methoxy groups -OCH3 is 1. The van der Waals surface area contributed by atoms with E-state index < -0.39 is 0 Å². The van der Waals surface area contributed by atoms with Crippen LogP contribution in [-0.2, 0) is 13.0 Å². The zero-order valence-electron chi connectivity index (χ0n) is 20.3. The van der Waals surface area contributed by atoms with Crippen LogP contribution >= 0.6 is 0 Å². The average Bonchev–Trinajstić information content (AvgIpc) is 3.26. The van der Waals surface area contributed by atoms with Crippen LogP contribution < -0.4 is 10.1 Å². The number of aromatic nitrogens is 1. The van der Waals surface area contributed by atoms with E-state index in [9.17, 15) is 4.79 Å². The van der Waals surface area contributed by atoms with E-state index in [1.165, 1.54) is 22.0 Å². The van der Waals surface area contributed by atoms with Crippen LogP contribution in [0.15, 0.2) is 85.1 Å². The van der Waals surface area contributed by atoms with Gasteiger partial charge in [0.1, 0.15) is 5.75 Å². The van der Waals surface area contributed by atoms with Gasteiger partial charge in [-0.2, -0.15) is 0 Å². The van der Waals surface area contributed by atoms with E-state index >= 15 is 0 Å². The van der Waals surface area contributed by atoms with Crippen molar-refractivity contribution in [1.29, 1.82) is 0 Å². The minimum atomic E-state index is -0.00247. The highest BCUT2D eigenvalue weighted by atomic mass is 16.5. The molecule has 1 saturated heterocycles. The lowest BCUT2D eigenvalue weighted by Crippen LogP contribution is -2.45. The second-order valence-electron chi connectivity index (χ2n) is 9.35. The maximum atomic E-state index is 12.6. The molecule has 1 fully saturated rings. The quantitative estimate of drug-likeness (QED) is 0.391. The number of hydrogen-bond donors (Lipinski definition) is 1. The molecule has 35 heavy (non-hydrogen) atoms. The fourth-order valence-electron chi connectivity index (χ4n) is 5.02. The first-order chi connectivity index (χ1) is 17.2. The highest BCUT2D eigenvalue weighted by Crippen LogP contribution is 2.24. The third-order valence-corrected chi connectivity index (χ3v) is 7.04. The summed E-state index contributed by atoms with van der Waals surface area (Å²) in [6, 6.07) is 26.9. The van der Waals surface area contributed by atoms with Gasteiger partial charge >= 0.3 is 0 Å². The maximum absolute atomic E-state index is 12.6. The number of hydrogen-bond acceptors (Lipinski definition) is 3. The summed E-state index contributed by atoms with van der Waals surface area (Å²) in [4.78, 5) is 15.1.